The predicted octanol–water partition coefficient (Wildman–Crippen LogP) is 6.64. The molecule has 1 nitrogen and oxygen atoms in total. The van der Waals surface area contributed by atoms with E-state index < -0.39 is 0 Å². The number of hydrogen-bond donors (Lipinski definition) is 0. The molecule has 0 heterocycles. The summed E-state index contributed by atoms with van der Waals surface area (Å²) in [6.07, 6.45) is 18.1. The zero-order chi connectivity index (χ0) is 16.1. The summed E-state index contributed by atoms with van der Waals surface area (Å²) in [7, 11) is 0. The third kappa shape index (κ3) is 14.5. The van der Waals surface area contributed by atoms with Crippen LogP contribution in [-0.2, 0) is 4.74 Å². The lowest BCUT2D eigenvalue weighted by molar-refractivity contribution is 0.402. The highest BCUT2D eigenvalue weighted by atomic mass is 16.5. The molecule has 0 aliphatic rings. The number of allylic oxidation sites excluding steroid dienone is 10. The zero-order valence-electron chi connectivity index (χ0n) is 14.4. The molecule has 0 saturated carbocycles. The van der Waals surface area contributed by atoms with E-state index in [1.54, 1.807) is 12.5 Å². The summed E-state index contributed by atoms with van der Waals surface area (Å²) in [5.41, 5.74) is 5.10. The summed E-state index contributed by atoms with van der Waals surface area (Å²) in [5.74, 6) is 0. The molecule has 0 radical (unpaired) electrons. The Hall–Kier alpha value is -1.76. The Bertz CT molecular complexity index is 416. The molecular formula is C20H30O. The van der Waals surface area contributed by atoms with E-state index in [2.05, 4.69) is 65.8 Å². The van der Waals surface area contributed by atoms with Crippen molar-refractivity contribution in [2.45, 2.75) is 54.4 Å². The summed E-state index contributed by atoms with van der Waals surface area (Å²) in [6, 6.07) is 0. The molecule has 0 fully saturated rings. The Morgan fingerprint density at radius 2 is 1.00 bits per heavy atom. The first-order valence-corrected chi connectivity index (χ1v) is 7.50. The molecule has 0 aromatic rings. The molecule has 0 aliphatic carbocycles. The lowest BCUT2D eigenvalue weighted by atomic mass is 10.2. The minimum Gasteiger partial charge on any atom is -0.473 e. The molecule has 116 valence electrons. The van der Waals surface area contributed by atoms with Crippen molar-refractivity contribution in [1.82, 2.24) is 0 Å². The standard InChI is InChI=1S/C20H30O/c1-17(2)9-7-11-19(5)13-15-21-16-14-20(6)12-8-10-18(3)4/h9-16H,7-8H2,1-6H3. The predicted molar refractivity (Wildman–Crippen MR) is 95.0 cm³/mol. The maximum absolute atomic E-state index is 5.36. The molecule has 0 atom stereocenters. The highest BCUT2D eigenvalue weighted by Gasteiger charge is 1.83. The Balaban J connectivity index is 4.12. The van der Waals surface area contributed by atoms with E-state index in [0.29, 0.717) is 0 Å². The van der Waals surface area contributed by atoms with Crippen LogP contribution in [0.5, 0.6) is 0 Å². The van der Waals surface area contributed by atoms with Gasteiger partial charge in [-0.3, -0.25) is 0 Å². The van der Waals surface area contributed by atoms with Gasteiger partial charge < -0.3 is 4.74 Å². The molecule has 0 unspecified atom stereocenters. The normalized spacial score (nSPS) is 12.9. The van der Waals surface area contributed by atoms with Crippen molar-refractivity contribution in [1.29, 1.82) is 0 Å². The van der Waals surface area contributed by atoms with Crippen LogP contribution in [0.15, 0.2) is 71.3 Å². The van der Waals surface area contributed by atoms with Crippen LogP contribution in [0.4, 0.5) is 0 Å². The van der Waals surface area contributed by atoms with Crippen molar-refractivity contribution < 1.29 is 4.74 Å². The fourth-order valence-electron chi connectivity index (χ4n) is 1.44. The Labute approximate surface area is 131 Å². The topological polar surface area (TPSA) is 9.23 Å². The van der Waals surface area contributed by atoms with Crippen LogP contribution in [0.1, 0.15) is 54.4 Å². The van der Waals surface area contributed by atoms with Crippen LogP contribution in [0.25, 0.3) is 0 Å². The van der Waals surface area contributed by atoms with E-state index >= 15 is 0 Å². The average molecular weight is 286 g/mol. The Morgan fingerprint density at radius 1 is 0.619 bits per heavy atom. The van der Waals surface area contributed by atoms with Gasteiger partial charge in [-0.25, -0.2) is 0 Å². The minimum absolute atomic E-state index is 0.973. The quantitative estimate of drug-likeness (QED) is 0.276. The first-order chi connectivity index (χ1) is 9.91. The van der Waals surface area contributed by atoms with Gasteiger partial charge in [-0.05, 0) is 66.5 Å². The van der Waals surface area contributed by atoms with E-state index in [0.717, 1.165) is 12.8 Å². The van der Waals surface area contributed by atoms with Gasteiger partial charge in [0, 0.05) is 0 Å². The molecule has 0 rings (SSSR count). The lowest BCUT2D eigenvalue weighted by Crippen LogP contribution is -1.74. The molecule has 1 heteroatoms. The summed E-state index contributed by atoms with van der Waals surface area (Å²) in [5, 5.41) is 0. The van der Waals surface area contributed by atoms with E-state index in [4.69, 9.17) is 4.74 Å². The number of rotatable bonds is 8. The van der Waals surface area contributed by atoms with Crippen molar-refractivity contribution in [3.05, 3.63) is 71.3 Å². The van der Waals surface area contributed by atoms with Gasteiger partial charge in [-0.15, -0.1) is 0 Å². The van der Waals surface area contributed by atoms with Gasteiger partial charge in [0.15, 0.2) is 0 Å². The Kier molecular flexibility index (Phi) is 11.0. The van der Waals surface area contributed by atoms with Gasteiger partial charge in [0.2, 0.25) is 0 Å². The largest absolute Gasteiger partial charge is 0.473 e. The smallest absolute Gasteiger partial charge is 0.0903 e. The molecule has 0 N–H and O–H groups in total. The number of ether oxygens (including phenoxy) is 1. The molecule has 0 bridgehead atoms. The van der Waals surface area contributed by atoms with Gasteiger partial charge >= 0.3 is 0 Å². The summed E-state index contributed by atoms with van der Waals surface area (Å²) >= 11 is 0. The van der Waals surface area contributed by atoms with Crippen LogP contribution in [-0.4, -0.2) is 0 Å². The van der Waals surface area contributed by atoms with Crippen molar-refractivity contribution in [3.8, 4) is 0 Å². The van der Waals surface area contributed by atoms with E-state index in [-0.39, 0.29) is 0 Å². The molecule has 0 aromatic carbocycles. The van der Waals surface area contributed by atoms with Gasteiger partial charge in [0.25, 0.3) is 0 Å². The van der Waals surface area contributed by atoms with Crippen LogP contribution < -0.4 is 0 Å². The van der Waals surface area contributed by atoms with Crippen molar-refractivity contribution in [2.75, 3.05) is 0 Å². The molecule has 0 amide bonds. The highest BCUT2D eigenvalue weighted by molar-refractivity contribution is 5.18. The van der Waals surface area contributed by atoms with Gasteiger partial charge in [0.1, 0.15) is 0 Å². The fourth-order valence-corrected chi connectivity index (χ4v) is 1.44. The third-order valence-electron chi connectivity index (χ3n) is 2.75. The first kappa shape index (κ1) is 19.2. The minimum atomic E-state index is 0.973. The molecule has 21 heavy (non-hydrogen) atoms. The van der Waals surface area contributed by atoms with E-state index in [1.165, 1.54) is 22.3 Å². The van der Waals surface area contributed by atoms with Crippen molar-refractivity contribution in [2.24, 2.45) is 0 Å². The van der Waals surface area contributed by atoms with Crippen LogP contribution >= 0.6 is 0 Å². The fraction of sp³-hybridized carbons (Fsp3) is 0.400. The monoisotopic (exact) mass is 286 g/mol. The SMILES string of the molecule is CC(C)=CCC=C(C)C=COC=CC(C)=CCC=C(C)C. The van der Waals surface area contributed by atoms with Crippen molar-refractivity contribution >= 4 is 0 Å². The summed E-state index contributed by atoms with van der Waals surface area (Å²) in [6.45, 7) is 12.6. The summed E-state index contributed by atoms with van der Waals surface area (Å²) in [4.78, 5) is 0. The van der Waals surface area contributed by atoms with Crippen LogP contribution in [0.2, 0.25) is 0 Å². The lowest BCUT2D eigenvalue weighted by Gasteiger charge is -1.94. The summed E-state index contributed by atoms with van der Waals surface area (Å²) < 4.78 is 5.36. The highest BCUT2D eigenvalue weighted by Crippen LogP contribution is 2.03. The molecule has 0 aromatic heterocycles. The van der Waals surface area contributed by atoms with Gasteiger partial charge in [-0.2, -0.15) is 0 Å². The maximum atomic E-state index is 5.36. The second-order valence-electron chi connectivity index (χ2n) is 5.67. The molecule has 0 saturated heterocycles. The second-order valence-corrected chi connectivity index (χ2v) is 5.67. The third-order valence-corrected chi connectivity index (χ3v) is 2.75. The van der Waals surface area contributed by atoms with Crippen LogP contribution in [0.3, 0.4) is 0 Å². The molecule has 0 spiro atoms. The second kappa shape index (κ2) is 12.0. The molecule has 0 aliphatic heterocycles. The van der Waals surface area contributed by atoms with E-state index in [1.807, 2.05) is 12.2 Å². The Morgan fingerprint density at radius 3 is 1.33 bits per heavy atom. The molecular weight excluding hydrogens is 256 g/mol. The number of hydrogen-bond acceptors (Lipinski definition) is 1. The van der Waals surface area contributed by atoms with Gasteiger partial charge in [-0.1, -0.05) is 46.6 Å². The first-order valence-electron chi connectivity index (χ1n) is 7.50. The average Bonchev–Trinajstić information content (AvgIpc) is 2.37. The van der Waals surface area contributed by atoms with Crippen LogP contribution in [0, 0.1) is 0 Å². The zero-order valence-corrected chi connectivity index (χ0v) is 14.4. The van der Waals surface area contributed by atoms with Crippen molar-refractivity contribution in [3.63, 3.8) is 0 Å². The van der Waals surface area contributed by atoms with E-state index in [9.17, 15) is 0 Å². The van der Waals surface area contributed by atoms with Gasteiger partial charge in [0.05, 0.1) is 12.5 Å². The maximum Gasteiger partial charge on any atom is 0.0903 e.